The Kier molecular flexibility index (Phi) is 3.37. The van der Waals surface area contributed by atoms with E-state index >= 15 is 0 Å². The summed E-state index contributed by atoms with van der Waals surface area (Å²) >= 11 is 6.23. The van der Waals surface area contributed by atoms with E-state index in [-0.39, 0.29) is 5.75 Å². The summed E-state index contributed by atoms with van der Waals surface area (Å²) in [6, 6.07) is 1.92. The van der Waals surface area contributed by atoms with Crippen LogP contribution >= 0.6 is 11.6 Å². The van der Waals surface area contributed by atoms with Crippen molar-refractivity contribution in [3.05, 3.63) is 27.8 Å². The zero-order chi connectivity index (χ0) is 12.6. The van der Waals surface area contributed by atoms with E-state index in [0.29, 0.717) is 10.6 Å². The lowest BCUT2D eigenvalue weighted by Crippen LogP contribution is -2.17. The molecule has 2 N–H and O–H groups in total. The van der Waals surface area contributed by atoms with Gasteiger partial charge in [-0.05, 0) is 56.7 Å². The quantitative estimate of drug-likeness (QED) is 0.753. The minimum Gasteiger partial charge on any atom is -0.506 e. The van der Waals surface area contributed by atoms with E-state index < -0.39 is 5.60 Å². The first kappa shape index (κ1) is 12.7. The monoisotopic (exact) mass is 254 g/mol. The highest BCUT2D eigenvalue weighted by atomic mass is 35.5. The van der Waals surface area contributed by atoms with Crippen LogP contribution in [-0.2, 0) is 18.4 Å². The summed E-state index contributed by atoms with van der Waals surface area (Å²) in [6.07, 6.45) is 5.38. The molecule has 0 aromatic heterocycles. The van der Waals surface area contributed by atoms with Gasteiger partial charge >= 0.3 is 0 Å². The fourth-order valence-electron chi connectivity index (χ4n) is 2.49. The zero-order valence-corrected chi connectivity index (χ0v) is 11.1. The maximum Gasteiger partial charge on any atom is 0.140 e. The van der Waals surface area contributed by atoms with Gasteiger partial charge in [0.05, 0.1) is 10.6 Å². The Bertz CT molecular complexity index is 433. The molecule has 94 valence electrons. The molecule has 0 radical (unpaired) electrons. The molecule has 1 aliphatic rings. The van der Waals surface area contributed by atoms with Crippen LogP contribution in [0.1, 0.15) is 49.8 Å². The average Bonchev–Trinajstić information content (AvgIpc) is 2.46. The molecule has 0 saturated heterocycles. The Morgan fingerprint density at radius 1 is 1.18 bits per heavy atom. The molecule has 0 aliphatic heterocycles. The average molecular weight is 255 g/mol. The normalized spacial score (nSPS) is 16.5. The van der Waals surface area contributed by atoms with Gasteiger partial charge in [0.25, 0.3) is 0 Å². The summed E-state index contributed by atoms with van der Waals surface area (Å²) in [5.41, 5.74) is 1.72. The van der Waals surface area contributed by atoms with Gasteiger partial charge in [0.1, 0.15) is 5.75 Å². The second kappa shape index (κ2) is 4.51. The van der Waals surface area contributed by atoms with Crippen molar-refractivity contribution in [1.29, 1.82) is 0 Å². The first-order chi connectivity index (χ1) is 7.91. The summed E-state index contributed by atoms with van der Waals surface area (Å²) in [4.78, 5) is 0. The van der Waals surface area contributed by atoms with E-state index in [2.05, 4.69) is 0 Å². The van der Waals surface area contributed by atoms with Crippen LogP contribution in [0.15, 0.2) is 6.07 Å². The number of hydrogen-bond donors (Lipinski definition) is 2. The number of phenols is 1. The fraction of sp³-hybridized carbons (Fsp3) is 0.571. The number of benzene rings is 1. The Hall–Kier alpha value is -0.730. The largest absolute Gasteiger partial charge is 0.506 e. The second-order valence-electron chi connectivity index (χ2n) is 5.34. The van der Waals surface area contributed by atoms with Crippen LogP contribution < -0.4 is 0 Å². The predicted molar refractivity (Wildman–Crippen MR) is 69.6 cm³/mol. The summed E-state index contributed by atoms with van der Waals surface area (Å²) in [5, 5.41) is 20.6. The van der Waals surface area contributed by atoms with E-state index in [9.17, 15) is 10.2 Å². The molecule has 0 amide bonds. The Morgan fingerprint density at radius 2 is 1.82 bits per heavy atom. The molecule has 2 rings (SSSR count). The van der Waals surface area contributed by atoms with Crippen molar-refractivity contribution in [2.24, 2.45) is 0 Å². The molecule has 0 unspecified atom stereocenters. The number of rotatable bonds is 1. The van der Waals surface area contributed by atoms with Gasteiger partial charge in [0.2, 0.25) is 0 Å². The third-order valence-corrected chi connectivity index (χ3v) is 3.87. The van der Waals surface area contributed by atoms with Gasteiger partial charge in [-0.2, -0.15) is 0 Å². The van der Waals surface area contributed by atoms with Crippen molar-refractivity contribution in [3.8, 4) is 5.75 Å². The number of halogens is 1. The summed E-state index contributed by atoms with van der Waals surface area (Å²) in [7, 11) is 0. The minimum atomic E-state index is -1.06. The third kappa shape index (κ3) is 2.43. The second-order valence-corrected chi connectivity index (χ2v) is 5.72. The van der Waals surface area contributed by atoms with Gasteiger partial charge < -0.3 is 10.2 Å². The summed E-state index contributed by atoms with van der Waals surface area (Å²) in [6.45, 7) is 3.34. The lowest BCUT2D eigenvalue weighted by Gasteiger charge is -2.22. The molecule has 3 heteroatoms. The van der Waals surface area contributed by atoms with Crippen LogP contribution in [0.2, 0.25) is 5.02 Å². The molecule has 0 heterocycles. The zero-order valence-electron chi connectivity index (χ0n) is 10.4. The highest BCUT2D eigenvalue weighted by Gasteiger charge is 2.25. The maximum atomic E-state index is 10.1. The van der Waals surface area contributed by atoms with E-state index in [1.807, 2.05) is 6.07 Å². The van der Waals surface area contributed by atoms with Crippen molar-refractivity contribution in [2.45, 2.75) is 51.6 Å². The molecule has 1 aliphatic carbocycles. The molecule has 0 saturated carbocycles. The molecule has 0 spiro atoms. The molecule has 17 heavy (non-hydrogen) atoms. The molecule has 0 atom stereocenters. The van der Waals surface area contributed by atoms with Crippen molar-refractivity contribution in [2.75, 3.05) is 0 Å². The molecule has 0 fully saturated rings. The highest BCUT2D eigenvalue weighted by molar-refractivity contribution is 6.33. The van der Waals surface area contributed by atoms with E-state index in [1.165, 1.54) is 12.0 Å². The lowest BCUT2D eigenvalue weighted by atomic mass is 9.91. The van der Waals surface area contributed by atoms with Crippen LogP contribution in [0.4, 0.5) is 0 Å². The van der Waals surface area contributed by atoms with Gasteiger partial charge in [-0.15, -0.1) is 0 Å². The number of fused-ring (bicyclic) bond motifs is 1. The van der Waals surface area contributed by atoms with Crippen LogP contribution in [-0.4, -0.2) is 10.2 Å². The highest BCUT2D eigenvalue weighted by Crippen LogP contribution is 2.40. The predicted octanol–water partition coefficient (Wildman–Crippen LogP) is 3.54. The number of aliphatic hydroxyl groups is 1. The number of phenolic OH excluding ortho intramolecular Hbond substituents is 1. The molecule has 1 aromatic rings. The topological polar surface area (TPSA) is 40.5 Å². The van der Waals surface area contributed by atoms with Gasteiger partial charge in [0, 0.05) is 5.56 Å². The Morgan fingerprint density at radius 3 is 2.47 bits per heavy atom. The molecular formula is C14H19ClO2. The van der Waals surface area contributed by atoms with Gasteiger partial charge in [-0.25, -0.2) is 0 Å². The van der Waals surface area contributed by atoms with E-state index in [4.69, 9.17) is 11.6 Å². The van der Waals surface area contributed by atoms with Crippen molar-refractivity contribution < 1.29 is 10.2 Å². The third-order valence-electron chi connectivity index (χ3n) is 3.47. The van der Waals surface area contributed by atoms with Gasteiger partial charge in [-0.1, -0.05) is 18.0 Å². The molecule has 0 bridgehead atoms. The molecule has 1 aromatic carbocycles. The van der Waals surface area contributed by atoms with Crippen molar-refractivity contribution in [3.63, 3.8) is 0 Å². The summed E-state index contributed by atoms with van der Waals surface area (Å²) < 4.78 is 0. The first-order valence-corrected chi connectivity index (χ1v) is 6.55. The van der Waals surface area contributed by atoms with Crippen LogP contribution in [0.5, 0.6) is 5.75 Å². The van der Waals surface area contributed by atoms with Gasteiger partial charge in [-0.3, -0.25) is 0 Å². The Labute approximate surface area is 107 Å². The Balaban J connectivity index is 2.59. The van der Waals surface area contributed by atoms with Gasteiger partial charge in [0.15, 0.2) is 0 Å². The smallest absolute Gasteiger partial charge is 0.140 e. The maximum absolute atomic E-state index is 10.1. The number of hydrogen-bond acceptors (Lipinski definition) is 2. The van der Waals surface area contributed by atoms with Crippen LogP contribution in [0.3, 0.4) is 0 Å². The van der Waals surface area contributed by atoms with Crippen molar-refractivity contribution >= 4 is 11.6 Å². The van der Waals surface area contributed by atoms with E-state index in [0.717, 1.165) is 31.2 Å². The first-order valence-electron chi connectivity index (χ1n) is 6.17. The SMILES string of the molecule is CC(C)(O)c1cc2c(c(Cl)c1O)CCCCC2. The molecule has 2 nitrogen and oxygen atoms in total. The van der Waals surface area contributed by atoms with Crippen LogP contribution in [0.25, 0.3) is 0 Å². The lowest BCUT2D eigenvalue weighted by molar-refractivity contribution is 0.0757. The van der Waals surface area contributed by atoms with Crippen LogP contribution in [0, 0.1) is 0 Å². The minimum absolute atomic E-state index is 0.0415. The number of aryl methyl sites for hydroxylation is 1. The standard InChI is InChI=1S/C14H19ClO2/c1-14(2,17)11-8-9-6-4-3-5-7-10(9)12(15)13(11)16/h8,16-17H,3-7H2,1-2H3. The van der Waals surface area contributed by atoms with Crippen molar-refractivity contribution in [1.82, 2.24) is 0 Å². The van der Waals surface area contributed by atoms with E-state index in [1.54, 1.807) is 13.8 Å². The number of aromatic hydroxyl groups is 1. The summed E-state index contributed by atoms with van der Waals surface area (Å²) in [5.74, 6) is 0.0415. The fourth-order valence-corrected chi connectivity index (χ4v) is 2.80. The molecular weight excluding hydrogens is 236 g/mol.